The number of amides is 3. The van der Waals surface area contributed by atoms with Crippen molar-refractivity contribution in [1.29, 1.82) is 0 Å². The molecule has 2 saturated heterocycles. The number of methoxy groups -OCH3 is 1. The Bertz CT molecular complexity index is 1450. The van der Waals surface area contributed by atoms with Gasteiger partial charge < -0.3 is 25.0 Å². The molecule has 3 fully saturated rings. The van der Waals surface area contributed by atoms with Gasteiger partial charge in [-0.2, -0.15) is 0 Å². The fourth-order valence-electron chi connectivity index (χ4n) is 7.25. The number of nitrogens with zero attached hydrogens (tertiary/aromatic N) is 1. The number of halogens is 2. The number of rotatable bonds is 7. The molecular weight excluding hydrogens is 561 g/mol. The van der Waals surface area contributed by atoms with E-state index in [0.29, 0.717) is 17.4 Å². The molecular formula is C32H35ClFN3O5. The van der Waals surface area contributed by atoms with Crippen molar-refractivity contribution in [3.05, 3.63) is 71.0 Å². The third-order valence-corrected chi connectivity index (χ3v) is 9.92. The molecule has 1 spiro atoms. The molecule has 2 aromatic rings. The second kappa shape index (κ2) is 11.0. The van der Waals surface area contributed by atoms with Gasteiger partial charge in [0, 0.05) is 18.3 Å². The van der Waals surface area contributed by atoms with Gasteiger partial charge in [-0.1, -0.05) is 62.6 Å². The van der Waals surface area contributed by atoms with Crippen molar-refractivity contribution in [2.24, 2.45) is 23.7 Å². The van der Waals surface area contributed by atoms with Gasteiger partial charge in [0.05, 0.1) is 30.1 Å². The summed E-state index contributed by atoms with van der Waals surface area (Å²) >= 11 is 5.93. The highest BCUT2D eigenvalue weighted by Gasteiger charge is 2.72. The van der Waals surface area contributed by atoms with Crippen LogP contribution in [-0.4, -0.2) is 53.5 Å². The van der Waals surface area contributed by atoms with E-state index < -0.39 is 41.3 Å². The topological polar surface area (TPSA) is 97.0 Å². The Morgan fingerprint density at radius 3 is 2.74 bits per heavy atom. The molecule has 2 bridgehead atoms. The van der Waals surface area contributed by atoms with Crippen LogP contribution in [0.15, 0.2) is 54.6 Å². The lowest BCUT2D eigenvalue weighted by molar-refractivity contribution is -0.142. The lowest BCUT2D eigenvalue weighted by Crippen LogP contribution is -2.57. The summed E-state index contributed by atoms with van der Waals surface area (Å²) in [7, 11) is 1.57. The molecule has 0 aromatic heterocycles. The molecule has 8 nitrogen and oxygen atoms in total. The average molecular weight is 596 g/mol. The standard InChI is InChI=1S/C32H35ClFN3O5/c1-17-6-4-9-24(18(17)2)36-30(39)28-32-13-12-25(42-32)26(29(38)35-20-10-11-23(34)22(33)15-20)27(32)31(40)37(28)16-19-7-5-8-21(14-19)41-3/h5,7-8,10-15,17-18,24-28H,4,6,9,16H2,1-3H3,(H,35,38)(H,36,39)/t17-,18-,24-,25+,26-,27+,28+,32+/m1/s1. The number of benzene rings is 2. The van der Waals surface area contributed by atoms with Crippen LogP contribution >= 0.6 is 11.6 Å². The third kappa shape index (κ3) is 4.76. The molecule has 0 radical (unpaired) electrons. The highest BCUT2D eigenvalue weighted by atomic mass is 35.5. The second-order valence-electron chi connectivity index (χ2n) is 12.0. The van der Waals surface area contributed by atoms with Crippen molar-refractivity contribution < 1.29 is 28.2 Å². The number of carbonyl (C=O) groups is 3. The summed E-state index contributed by atoms with van der Waals surface area (Å²) in [5.74, 6) is -2.06. The van der Waals surface area contributed by atoms with E-state index in [1.165, 1.54) is 18.2 Å². The highest BCUT2D eigenvalue weighted by molar-refractivity contribution is 6.31. The minimum absolute atomic E-state index is 0.0182. The Balaban J connectivity index is 1.33. The van der Waals surface area contributed by atoms with Crippen LogP contribution in [0.25, 0.3) is 0 Å². The van der Waals surface area contributed by atoms with Gasteiger partial charge in [-0.15, -0.1) is 0 Å². The number of nitrogens with one attached hydrogen (secondary N) is 2. The van der Waals surface area contributed by atoms with Gasteiger partial charge in [0.15, 0.2) is 0 Å². The molecule has 2 N–H and O–H groups in total. The fraction of sp³-hybridized carbons (Fsp3) is 0.469. The minimum atomic E-state index is -1.29. The average Bonchev–Trinajstić information content (AvgIpc) is 3.61. The van der Waals surface area contributed by atoms with Crippen molar-refractivity contribution in [2.45, 2.75) is 63.4 Å². The van der Waals surface area contributed by atoms with Crippen LogP contribution in [0.3, 0.4) is 0 Å². The van der Waals surface area contributed by atoms with Crippen LogP contribution in [0.2, 0.25) is 5.02 Å². The Hall–Kier alpha value is -3.43. The van der Waals surface area contributed by atoms with Crippen LogP contribution in [0.5, 0.6) is 5.75 Å². The van der Waals surface area contributed by atoms with E-state index in [9.17, 15) is 18.8 Å². The highest BCUT2D eigenvalue weighted by Crippen LogP contribution is 2.55. The number of hydrogen-bond acceptors (Lipinski definition) is 5. The molecule has 8 atom stereocenters. The maximum atomic E-state index is 14.3. The molecule has 3 amide bonds. The number of hydrogen-bond donors (Lipinski definition) is 2. The van der Waals surface area contributed by atoms with E-state index in [-0.39, 0.29) is 35.3 Å². The summed E-state index contributed by atoms with van der Waals surface area (Å²) in [6.07, 6.45) is 5.89. The van der Waals surface area contributed by atoms with Gasteiger partial charge in [0.25, 0.3) is 0 Å². The smallest absolute Gasteiger partial charge is 0.246 e. The summed E-state index contributed by atoms with van der Waals surface area (Å²) in [5.41, 5.74) is -0.200. The molecule has 6 rings (SSSR count). The Labute approximate surface area is 249 Å². The first-order valence-electron chi connectivity index (χ1n) is 14.5. The second-order valence-corrected chi connectivity index (χ2v) is 12.4. The molecule has 42 heavy (non-hydrogen) atoms. The summed E-state index contributed by atoms with van der Waals surface area (Å²) in [5, 5.41) is 5.91. The maximum absolute atomic E-state index is 14.3. The molecule has 10 heteroatoms. The summed E-state index contributed by atoms with van der Waals surface area (Å²) in [6.45, 7) is 4.50. The zero-order valence-corrected chi connectivity index (χ0v) is 24.6. The van der Waals surface area contributed by atoms with Crippen molar-refractivity contribution in [2.75, 3.05) is 12.4 Å². The third-order valence-electron chi connectivity index (χ3n) is 9.63. The molecule has 1 saturated carbocycles. The van der Waals surface area contributed by atoms with Crippen molar-refractivity contribution in [1.82, 2.24) is 10.2 Å². The molecule has 3 heterocycles. The number of fused-ring (bicyclic) bond motifs is 1. The Kier molecular flexibility index (Phi) is 7.51. The lowest BCUT2D eigenvalue weighted by atomic mass is 9.73. The SMILES string of the molecule is COc1cccc(CN2C(=O)[C@@H]3[C@H](C(=O)Nc4ccc(F)c(Cl)c4)[C@@H]4C=C[C@@]3(O4)[C@@H]2C(=O)N[C@@H]2CCC[C@@H](C)[C@H]2C)c1. The molecule has 1 aliphatic carbocycles. The molecule has 0 unspecified atom stereocenters. The van der Waals surface area contributed by atoms with Crippen molar-refractivity contribution >= 4 is 35.0 Å². The van der Waals surface area contributed by atoms with Crippen LogP contribution in [-0.2, 0) is 25.7 Å². The molecule has 3 aliphatic heterocycles. The van der Waals surface area contributed by atoms with Gasteiger partial charge >= 0.3 is 0 Å². The maximum Gasteiger partial charge on any atom is 0.246 e. The largest absolute Gasteiger partial charge is 0.497 e. The summed E-state index contributed by atoms with van der Waals surface area (Å²) in [6, 6.07) is 10.3. The number of anilines is 1. The van der Waals surface area contributed by atoms with Gasteiger partial charge in [-0.3, -0.25) is 14.4 Å². The van der Waals surface area contributed by atoms with Gasteiger partial charge in [-0.05, 0) is 54.2 Å². The first-order chi connectivity index (χ1) is 20.1. The predicted octanol–water partition coefficient (Wildman–Crippen LogP) is 4.72. The van der Waals surface area contributed by atoms with E-state index in [2.05, 4.69) is 24.5 Å². The van der Waals surface area contributed by atoms with Crippen LogP contribution in [0, 0.1) is 29.5 Å². The van der Waals surface area contributed by atoms with Crippen molar-refractivity contribution in [3.63, 3.8) is 0 Å². The first-order valence-corrected chi connectivity index (χ1v) is 14.9. The van der Waals surface area contributed by atoms with Gasteiger partial charge in [-0.25, -0.2) is 4.39 Å². The van der Waals surface area contributed by atoms with E-state index in [1.54, 1.807) is 24.2 Å². The van der Waals surface area contributed by atoms with Crippen LogP contribution in [0.4, 0.5) is 10.1 Å². The van der Waals surface area contributed by atoms with Crippen molar-refractivity contribution in [3.8, 4) is 5.75 Å². The number of likely N-dealkylation sites (tertiary alicyclic amines) is 1. The minimum Gasteiger partial charge on any atom is -0.497 e. The van der Waals surface area contributed by atoms with Crippen LogP contribution in [0.1, 0.15) is 38.7 Å². The molecule has 2 aromatic carbocycles. The number of ether oxygens (including phenoxy) is 2. The Morgan fingerprint density at radius 1 is 1.17 bits per heavy atom. The molecule has 4 aliphatic rings. The number of carbonyl (C=O) groups excluding carboxylic acids is 3. The fourth-order valence-corrected chi connectivity index (χ4v) is 7.43. The van der Waals surface area contributed by atoms with Gasteiger partial charge in [0.2, 0.25) is 17.7 Å². The van der Waals surface area contributed by atoms with E-state index in [1.807, 2.05) is 24.3 Å². The van der Waals surface area contributed by atoms with E-state index in [0.717, 1.165) is 24.8 Å². The Morgan fingerprint density at radius 2 is 1.98 bits per heavy atom. The van der Waals surface area contributed by atoms with E-state index >= 15 is 0 Å². The normalized spacial score (nSPS) is 33.0. The summed E-state index contributed by atoms with van der Waals surface area (Å²) < 4.78 is 25.5. The lowest BCUT2D eigenvalue weighted by Gasteiger charge is -2.38. The zero-order valence-electron chi connectivity index (χ0n) is 23.8. The predicted molar refractivity (Wildman–Crippen MR) is 155 cm³/mol. The van der Waals surface area contributed by atoms with E-state index in [4.69, 9.17) is 21.1 Å². The molecule has 222 valence electrons. The van der Waals surface area contributed by atoms with Crippen LogP contribution < -0.4 is 15.4 Å². The first kappa shape index (κ1) is 28.7. The zero-order chi connectivity index (χ0) is 29.8. The quantitative estimate of drug-likeness (QED) is 0.452. The monoisotopic (exact) mass is 595 g/mol. The summed E-state index contributed by atoms with van der Waals surface area (Å²) in [4.78, 5) is 43.7. The van der Waals surface area contributed by atoms with Gasteiger partial charge in [0.1, 0.15) is 23.2 Å².